The van der Waals surface area contributed by atoms with Crippen molar-refractivity contribution in [3.05, 3.63) is 34.6 Å². The lowest BCUT2D eigenvalue weighted by Crippen LogP contribution is -2.47. The molecule has 134 valence electrons. The van der Waals surface area contributed by atoms with Crippen molar-refractivity contribution in [1.29, 1.82) is 0 Å². The maximum absolute atomic E-state index is 13.1. The maximum atomic E-state index is 13.1. The third-order valence-electron chi connectivity index (χ3n) is 3.55. The average molecular weight is 372 g/mol. The van der Waals surface area contributed by atoms with Crippen LogP contribution in [0.4, 0.5) is 14.0 Å². The van der Waals surface area contributed by atoms with Crippen LogP contribution in [-0.2, 0) is 16.1 Å². The number of hydrogen-bond acceptors (Lipinski definition) is 4. The molecule has 1 aliphatic rings. The van der Waals surface area contributed by atoms with Gasteiger partial charge in [-0.2, -0.15) is 0 Å². The number of carboxylic acid groups (broad SMARTS) is 1. The first-order chi connectivity index (χ1) is 11.7. The van der Waals surface area contributed by atoms with Crippen molar-refractivity contribution in [2.24, 2.45) is 0 Å². The van der Waals surface area contributed by atoms with Gasteiger partial charge in [0.1, 0.15) is 17.6 Å². The summed E-state index contributed by atoms with van der Waals surface area (Å²) in [5.74, 6) is -1.64. The monoisotopic (exact) mass is 371 g/mol. The molecule has 0 bridgehead atoms. The number of carbonyl (C=O) groups excluding carboxylic acids is 3. The molecule has 1 aromatic rings. The van der Waals surface area contributed by atoms with E-state index in [0.29, 0.717) is 10.5 Å². The molecule has 2 rings (SSSR count). The molecule has 1 fully saturated rings. The van der Waals surface area contributed by atoms with Crippen molar-refractivity contribution in [3.8, 4) is 0 Å². The van der Waals surface area contributed by atoms with Gasteiger partial charge in [-0.3, -0.25) is 9.59 Å². The zero-order valence-electron chi connectivity index (χ0n) is 13.2. The molecule has 0 aromatic heterocycles. The summed E-state index contributed by atoms with van der Waals surface area (Å²) in [7, 11) is 0. The van der Waals surface area contributed by atoms with Crippen molar-refractivity contribution in [2.75, 3.05) is 13.1 Å². The molecular weight excluding hydrogens is 357 g/mol. The summed E-state index contributed by atoms with van der Waals surface area (Å²) in [6.07, 6.45) is -1.58. The number of hydrogen-bond donors (Lipinski definition) is 2. The molecule has 4 amide bonds. The van der Waals surface area contributed by atoms with Gasteiger partial charge in [0.15, 0.2) is 0 Å². The van der Waals surface area contributed by atoms with E-state index in [1.807, 2.05) is 0 Å². The van der Waals surface area contributed by atoms with E-state index in [9.17, 15) is 23.6 Å². The highest BCUT2D eigenvalue weighted by Gasteiger charge is 2.45. The molecule has 1 aromatic carbocycles. The third kappa shape index (κ3) is 4.24. The predicted octanol–water partition coefficient (Wildman–Crippen LogP) is 1.47. The molecule has 0 unspecified atom stereocenters. The minimum absolute atomic E-state index is 0.0241. The number of rotatable bonds is 5. The summed E-state index contributed by atoms with van der Waals surface area (Å²) in [6.45, 7) is 0.731. The number of benzene rings is 1. The summed E-state index contributed by atoms with van der Waals surface area (Å²) in [4.78, 5) is 48.1. The number of nitrogens with zero attached hydrogens (tertiary/aromatic N) is 2. The second-order valence-corrected chi connectivity index (χ2v) is 5.91. The molecule has 0 saturated carbocycles. The zero-order valence-corrected chi connectivity index (χ0v) is 13.9. The molecule has 1 atom stereocenters. The van der Waals surface area contributed by atoms with Gasteiger partial charge in [0, 0.05) is 6.54 Å². The Morgan fingerprint density at radius 1 is 1.40 bits per heavy atom. The van der Waals surface area contributed by atoms with E-state index in [0.717, 1.165) is 11.0 Å². The van der Waals surface area contributed by atoms with Gasteiger partial charge in [-0.1, -0.05) is 17.7 Å². The Bertz CT molecular complexity index is 742. The van der Waals surface area contributed by atoms with Crippen LogP contribution in [0, 0.1) is 5.82 Å². The molecule has 1 heterocycles. The van der Waals surface area contributed by atoms with E-state index in [1.165, 1.54) is 19.1 Å². The van der Waals surface area contributed by atoms with E-state index in [2.05, 4.69) is 5.32 Å². The largest absolute Gasteiger partial charge is 0.465 e. The van der Waals surface area contributed by atoms with Crippen LogP contribution < -0.4 is 5.32 Å². The first-order valence-corrected chi connectivity index (χ1v) is 7.60. The first kappa shape index (κ1) is 18.7. The Hall–Kier alpha value is -2.68. The van der Waals surface area contributed by atoms with Crippen LogP contribution in [0.15, 0.2) is 18.2 Å². The van der Waals surface area contributed by atoms with Crippen molar-refractivity contribution in [2.45, 2.75) is 19.5 Å². The highest BCUT2D eigenvalue weighted by Crippen LogP contribution is 2.18. The van der Waals surface area contributed by atoms with Crippen LogP contribution in [0.3, 0.4) is 0 Å². The Morgan fingerprint density at radius 3 is 2.64 bits per heavy atom. The normalized spacial score (nSPS) is 16.9. The lowest BCUT2D eigenvalue weighted by molar-refractivity contribution is -0.124. The highest BCUT2D eigenvalue weighted by atomic mass is 35.5. The first-order valence-electron chi connectivity index (χ1n) is 7.23. The van der Waals surface area contributed by atoms with Crippen molar-refractivity contribution in [3.63, 3.8) is 0 Å². The van der Waals surface area contributed by atoms with Gasteiger partial charge in [-0.05, 0) is 24.6 Å². The lowest BCUT2D eigenvalue weighted by atomic mass is 10.2. The SMILES string of the molecule is CC(=O)CN1C[C@@H](C(=O)NCc2ccc(F)c(Cl)c2)N(C(=O)O)C1=O. The van der Waals surface area contributed by atoms with E-state index in [-0.39, 0.29) is 30.4 Å². The van der Waals surface area contributed by atoms with Crippen molar-refractivity contribution < 1.29 is 28.7 Å². The fourth-order valence-corrected chi connectivity index (χ4v) is 2.63. The molecular formula is C15H15ClFN3O5. The second-order valence-electron chi connectivity index (χ2n) is 5.50. The number of ketones is 1. The standard InChI is InChI=1S/C15H15ClFN3O5/c1-8(21)6-19-7-12(20(14(19)23)15(24)25)13(22)18-5-9-2-3-11(17)10(16)4-9/h2-4,12H,5-7H2,1H3,(H,18,22)(H,24,25)/t12-/m0/s1. The summed E-state index contributed by atoms with van der Waals surface area (Å²) >= 11 is 5.65. The van der Waals surface area contributed by atoms with Crippen LogP contribution in [0.5, 0.6) is 0 Å². The fourth-order valence-electron chi connectivity index (χ4n) is 2.43. The zero-order chi connectivity index (χ0) is 18.7. The molecule has 25 heavy (non-hydrogen) atoms. The average Bonchev–Trinajstić information content (AvgIpc) is 2.84. The minimum Gasteiger partial charge on any atom is -0.465 e. The van der Waals surface area contributed by atoms with Crippen LogP contribution in [0.25, 0.3) is 0 Å². The molecule has 8 nitrogen and oxygen atoms in total. The van der Waals surface area contributed by atoms with E-state index in [4.69, 9.17) is 16.7 Å². The Morgan fingerprint density at radius 2 is 2.08 bits per heavy atom. The quantitative estimate of drug-likeness (QED) is 0.815. The number of urea groups is 1. The molecule has 0 radical (unpaired) electrons. The fraction of sp³-hybridized carbons (Fsp3) is 0.333. The van der Waals surface area contributed by atoms with Gasteiger partial charge in [0.25, 0.3) is 0 Å². The second kappa shape index (κ2) is 7.47. The third-order valence-corrected chi connectivity index (χ3v) is 3.84. The Kier molecular flexibility index (Phi) is 5.58. The molecule has 0 aliphatic carbocycles. The molecule has 1 saturated heterocycles. The topological polar surface area (TPSA) is 107 Å². The Labute approximate surface area is 147 Å². The molecule has 10 heteroatoms. The number of nitrogens with one attached hydrogen (secondary N) is 1. The minimum atomic E-state index is -1.58. The Balaban J connectivity index is 2.07. The number of imide groups is 1. The van der Waals surface area contributed by atoms with Gasteiger partial charge < -0.3 is 15.3 Å². The summed E-state index contributed by atoms with van der Waals surface area (Å²) in [5, 5.41) is 11.5. The summed E-state index contributed by atoms with van der Waals surface area (Å²) in [5.41, 5.74) is 0.506. The summed E-state index contributed by atoms with van der Waals surface area (Å²) < 4.78 is 13.1. The van der Waals surface area contributed by atoms with Crippen LogP contribution in [0.2, 0.25) is 5.02 Å². The smallest absolute Gasteiger partial charge is 0.416 e. The van der Waals surface area contributed by atoms with E-state index < -0.39 is 29.9 Å². The van der Waals surface area contributed by atoms with Gasteiger partial charge in [-0.15, -0.1) is 0 Å². The number of carbonyl (C=O) groups is 4. The molecule has 1 aliphatic heterocycles. The van der Waals surface area contributed by atoms with Gasteiger partial charge >= 0.3 is 12.1 Å². The van der Waals surface area contributed by atoms with E-state index >= 15 is 0 Å². The molecule has 2 N–H and O–H groups in total. The number of halogens is 2. The number of Topliss-reactive ketones (excluding diaryl/α,β-unsaturated/α-hetero) is 1. The molecule has 0 spiro atoms. The summed E-state index contributed by atoms with van der Waals surface area (Å²) in [6, 6.07) is 1.68. The van der Waals surface area contributed by atoms with Crippen LogP contribution in [0.1, 0.15) is 12.5 Å². The van der Waals surface area contributed by atoms with Crippen molar-refractivity contribution >= 4 is 35.4 Å². The van der Waals surface area contributed by atoms with Gasteiger partial charge in [0.2, 0.25) is 5.91 Å². The maximum Gasteiger partial charge on any atom is 0.416 e. The van der Waals surface area contributed by atoms with Crippen molar-refractivity contribution in [1.82, 2.24) is 15.1 Å². The van der Waals surface area contributed by atoms with Gasteiger partial charge in [0.05, 0.1) is 18.1 Å². The van der Waals surface area contributed by atoms with Crippen LogP contribution >= 0.6 is 11.6 Å². The van der Waals surface area contributed by atoms with Gasteiger partial charge in [-0.25, -0.2) is 18.9 Å². The van der Waals surface area contributed by atoms with E-state index in [1.54, 1.807) is 0 Å². The lowest BCUT2D eigenvalue weighted by Gasteiger charge is -2.17. The predicted molar refractivity (Wildman–Crippen MR) is 84.6 cm³/mol. The highest BCUT2D eigenvalue weighted by molar-refractivity contribution is 6.30. The number of amides is 4. The van der Waals surface area contributed by atoms with Crippen LogP contribution in [-0.4, -0.2) is 57.9 Å².